The van der Waals surface area contributed by atoms with Crippen LogP contribution in [0.2, 0.25) is 0 Å². The molecule has 0 saturated heterocycles. The van der Waals surface area contributed by atoms with Gasteiger partial charge in [0, 0.05) is 0 Å². The van der Waals surface area contributed by atoms with Gasteiger partial charge in [-0.05, 0) is 21.0 Å². The number of alkyl halides is 1. The fourth-order valence-electron chi connectivity index (χ4n) is 0.431. The normalized spacial score (nSPS) is 16.7. The van der Waals surface area contributed by atoms with Crippen molar-refractivity contribution in [1.29, 1.82) is 0 Å². The molecule has 0 heterocycles. The van der Waals surface area contributed by atoms with Crippen molar-refractivity contribution in [3.63, 3.8) is 0 Å². The van der Waals surface area contributed by atoms with E-state index in [0.29, 0.717) is 0 Å². The minimum absolute atomic E-state index is 0. The lowest BCUT2D eigenvalue weighted by atomic mass is 10.4. The molecule has 0 aromatic rings. The second kappa shape index (κ2) is 5.30. The molecule has 0 fully saturated rings. The summed E-state index contributed by atoms with van der Waals surface area (Å²) in [5, 5.41) is 8.82. The molecule has 4 heteroatoms. The van der Waals surface area contributed by atoms with Gasteiger partial charge in [-0.1, -0.05) is 0 Å². The van der Waals surface area contributed by atoms with E-state index < -0.39 is 6.10 Å². The molecule has 0 saturated carbocycles. The van der Waals surface area contributed by atoms with E-state index in [1.165, 1.54) is 0 Å². The van der Waals surface area contributed by atoms with Crippen molar-refractivity contribution < 1.29 is 5.11 Å². The summed E-state index contributed by atoms with van der Waals surface area (Å²) in [6.07, 6.45) is -0.466. The first-order valence-electron chi connectivity index (χ1n) is 2.54. The molecule has 0 aromatic carbocycles. The van der Waals surface area contributed by atoms with Crippen LogP contribution in [0.25, 0.3) is 0 Å². The van der Waals surface area contributed by atoms with Crippen molar-refractivity contribution in [3.05, 3.63) is 0 Å². The quantitative estimate of drug-likeness (QED) is 0.497. The zero-order valence-corrected chi connectivity index (χ0v) is 7.41. The van der Waals surface area contributed by atoms with Crippen molar-refractivity contribution in [1.82, 2.24) is 4.90 Å². The van der Waals surface area contributed by atoms with Crippen LogP contribution in [0.3, 0.4) is 0 Å². The number of hydrogen-bond donors (Lipinski definition) is 1. The maximum Gasteiger partial charge on any atom is 0.110 e. The number of nitrogens with zero attached hydrogens (tertiary/aromatic N) is 1. The molecule has 0 aliphatic rings. The van der Waals surface area contributed by atoms with Gasteiger partial charge in [-0.3, -0.25) is 4.90 Å². The van der Waals surface area contributed by atoms with Crippen LogP contribution in [-0.2, 0) is 0 Å². The summed E-state index contributed by atoms with van der Waals surface area (Å²) < 4.78 is 0. The third kappa shape index (κ3) is 4.97. The van der Waals surface area contributed by atoms with E-state index in [1.54, 1.807) is 11.8 Å². The molecule has 0 aliphatic heterocycles. The van der Waals surface area contributed by atoms with Crippen LogP contribution >= 0.6 is 24.0 Å². The van der Waals surface area contributed by atoms with Crippen molar-refractivity contribution in [3.8, 4) is 0 Å². The molecule has 0 amide bonds. The van der Waals surface area contributed by atoms with Crippen molar-refractivity contribution in [2.45, 2.75) is 18.5 Å². The van der Waals surface area contributed by atoms with Gasteiger partial charge in [-0.25, -0.2) is 0 Å². The Bertz CT molecular complexity index is 60.0. The van der Waals surface area contributed by atoms with Crippen molar-refractivity contribution in [2.75, 3.05) is 14.1 Å². The van der Waals surface area contributed by atoms with Gasteiger partial charge in [0.15, 0.2) is 0 Å². The van der Waals surface area contributed by atoms with Crippen LogP contribution in [0.1, 0.15) is 6.92 Å². The molecule has 2 unspecified atom stereocenters. The Labute approximate surface area is 67.2 Å². The molecule has 0 bridgehead atoms. The molecule has 0 spiro atoms. The van der Waals surface area contributed by atoms with Crippen LogP contribution < -0.4 is 0 Å². The summed E-state index contributed by atoms with van der Waals surface area (Å²) in [6, 6.07) is 0. The lowest BCUT2D eigenvalue weighted by Crippen LogP contribution is -2.31. The second-order valence-corrected chi connectivity index (χ2v) is 2.52. The molecule has 2 atom stereocenters. The Morgan fingerprint density at radius 3 is 1.78 bits per heavy atom. The fraction of sp³-hybridized carbons (Fsp3) is 1.00. The summed E-state index contributed by atoms with van der Waals surface area (Å²) >= 11 is 5.63. The topological polar surface area (TPSA) is 23.5 Å². The first-order valence-corrected chi connectivity index (χ1v) is 2.98. The number of aliphatic hydroxyl groups excluding tert-OH is 1. The zero-order chi connectivity index (χ0) is 6.73. The van der Waals surface area contributed by atoms with Gasteiger partial charge in [0.1, 0.15) is 5.50 Å². The average molecular weight is 174 g/mol. The van der Waals surface area contributed by atoms with Crippen LogP contribution in [0.5, 0.6) is 0 Å². The highest BCUT2D eigenvalue weighted by molar-refractivity contribution is 6.20. The van der Waals surface area contributed by atoms with Gasteiger partial charge in [0.2, 0.25) is 0 Å². The molecule has 9 heavy (non-hydrogen) atoms. The van der Waals surface area contributed by atoms with Gasteiger partial charge >= 0.3 is 0 Å². The van der Waals surface area contributed by atoms with Crippen LogP contribution in [0, 0.1) is 0 Å². The number of hydrogen-bond acceptors (Lipinski definition) is 2. The van der Waals surface area contributed by atoms with Gasteiger partial charge in [0.25, 0.3) is 0 Å². The van der Waals surface area contributed by atoms with Crippen LogP contribution in [0.4, 0.5) is 0 Å². The molecule has 1 N–H and O–H groups in total. The number of halogens is 2. The maximum atomic E-state index is 8.82. The van der Waals surface area contributed by atoms with Crippen molar-refractivity contribution >= 4 is 24.0 Å². The molecule has 2 nitrogen and oxygen atoms in total. The van der Waals surface area contributed by atoms with E-state index >= 15 is 0 Å². The van der Waals surface area contributed by atoms with Gasteiger partial charge < -0.3 is 5.11 Å². The number of rotatable bonds is 2. The van der Waals surface area contributed by atoms with E-state index in [1.807, 2.05) is 14.1 Å². The SMILES string of the molecule is CC(O)C(Cl)N(C)C.Cl. The standard InChI is InChI=1S/C5H12ClNO.ClH/c1-4(8)5(6)7(2)3;/h4-5,8H,1-3H3;1H. The summed E-state index contributed by atoms with van der Waals surface area (Å²) in [6.45, 7) is 1.66. The first kappa shape index (κ1) is 12.2. The molecule has 0 rings (SSSR count). The Morgan fingerprint density at radius 1 is 1.44 bits per heavy atom. The molecular formula is C5H13Cl2NO. The Hall–Kier alpha value is 0.500. The van der Waals surface area contributed by atoms with Crippen LogP contribution in [0.15, 0.2) is 0 Å². The Morgan fingerprint density at radius 2 is 1.78 bits per heavy atom. The Kier molecular flexibility index (Phi) is 7.18. The van der Waals surface area contributed by atoms with E-state index in [-0.39, 0.29) is 17.9 Å². The largest absolute Gasteiger partial charge is 0.390 e. The highest BCUT2D eigenvalue weighted by Gasteiger charge is 2.11. The fourth-order valence-corrected chi connectivity index (χ4v) is 0.431. The summed E-state index contributed by atoms with van der Waals surface area (Å²) in [5.74, 6) is 0. The average Bonchev–Trinajstić information content (AvgIpc) is 1.64. The van der Waals surface area contributed by atoms with E-state index in [9.17, 15) is 0 Å². The molecule has 58 valence electrons. The predicted molar refractivity (Wildman–Crippen MR) is 42.3 cm³/mol. The summed E-state index contributed by atoms with van der Waals surface area (Å²) in [7, 11) is 3.65. The Balaban J connectivity index is 0. The maximum absolute atomic E-state index is 8.82. The summed E-state index contributed by atoms with van der Waals surface area (Å²) in [5.41, 5.74) is -0.269. The smallest absolute Gasteiger partial charge is 0.110 e. The predicted octanol–water partition coefficient (Wildman–Crippen LogP) is 0.915. The van der Waals surface area contributed by atoms with Gasteiger partial charge in [-0.15, -0.1) is 24.0 Å². The molecular weight excluding hydrogens is 161 g/mol. The summed E-state index contributed by atoms with van der Waals surface area (Å²) in [4.78, 5) is 1.76. The lowest BCUT2D eigenvalue weighted by molar-refractivity contribution is 0.133. The lowest BCUT2D eigenvalue weighted by Gasteiger charge is -2.19. The molecule has 0 aliphatic carbocycles. The van der Waals surface area contributed by atoms with E-state index in [2.05, 4.69) is 0 Å². The third-order valence-electron chi connectivity index (χ3n) is 0.891. The minimum Gasteiger partial charge on any atom is -0.390 e. The van der Waals surface area contributed by atoms with Crippen molar-refractivity contribution in [2.24, 2.45) is 0 Å². The third-order valence-corrected chi connectivity index (χ3v) is 1.65. The number of aliphatic hydroxyl groups is 1. The van der Waals surface area contributed by atoms with E-state index in [4.69, 9.17) is 16.7 Å². The monoisotopic (exact) mass is 173 g/mol. The van der Waals surface area contributed by atoms with Crippen LogP contribution in [-0.4, -0.2) is 35.7 Å². The number of likely N-dealkylation sites (N-methyl/N-ethyl adjacent to an activating group) is 1. The second-order valence-electron chi connectivity index (χ2n) is 2.08. The zero-order valence-electron chi connectivity index (χ0n) is 5.84. The first-order chi connectivity index (χ1) is 3.55. The molecule has 0 aromatic heterocycles. The van der Waals surface area contributed by atoms with E-state index in [0.717, 1.165) is 0 Å². The molecule has 0 radical (unpaired) electrons. The van der Waals surface area contributed by atoms with Gasteiger partial charge in [-0.2, -0.15) is 0 Å². The van der Waals surface area contributed by atoms with Gasteiger partial charge in [0.05, 0.1) is 6.10 Å². The highest BCUT2D eigenvalue weighted by atomic mass is 35.5. The highest BCUT2D eigenvalue weighted by Crippen LogP contribution is 2.03. The minimum atomic E-state index is -0.466.